The van der Waals surface area contributed by atoms with Gasteiger partial charge in [-0.2, -0.15) is 0 Å². The van der Waals surface area contributed by atoms with Crippen LogP contribution in [-0.2, 0) is 17.8 Å². The Bertz CT molecular complexity index is 610. The van der Waals surface area contributed by atoms with Gasteiger partial charge < -0.3 is 10.6 Å². The zero-order valence-electron chi connectivity index (χ0n) is 12.1. The molecule has 2 aromatic rings. The summed E-state index contributed by atoms with van der Waals surface area (Å²) in [6.07, 6.45) is 0.290. The van der Waals surface area contributed by atoms with Crippen LogP contribution in [0.2, 0.25) is 0 Å². The largest absolute Gasteiger partial charge is 0.326 e. The Morgan fingerprint density at radius 2 is 1.71 bits per heavy atom. The van der Waals surface area contributed by atoms with Crippen LogP contribution in [0.15, 0.2) is 48.5 Å². The van der Waals surface area contributed by atoms with E-state index in [9.17, 15) is 9.18 Å². The third kappa shape index (κ3) is 3.67. The lowest BCUT2D eigenvalue weighted by atomic mass is 10.0. The van der Waals surface area contributed by atoms with Crippen LogP contribution < -0.4 is 10.6 Å². The van der Waals surface area contributed by atoms with E-state index in [1.807, 2.05) is 31.2 Å². The van der Waals surface area contributed by atoms with E-state index in [1.54, 1.807) is 17.0 Å². The van der Waals surface area contributed by atoms with Crippen LogP contribution in [0.3, 0.4) is 0 Å². The quantitative estimate of drug-likeness (QED) is 0.918. The number of anilines is 1. The highest BCUT2D eigenvalue weighted by molar-refractivity contribution is 5.94. The van der Waals surface area contributed by atoms with Gasteiger partial charge in [-0.15, -0.1) is 0 Å². The van der Waals surface area contributed by atoms with Gasteiger partial charge in [-0.25, -0.2) is 4.39 Å². The van der Waals surface area contributed by atoms with Crippen molar-refractivity contribution in [2.45, 2.75) is 19.9 Å². The molecular weight excluding hydrogens is 267 g/mol. The second kappa shape index (κ2) is 6.99. The molecule has 0 aliphatic carbocycles. The average Bonchev–Trinajstić information content (AvgIpc) is 2.50. The number of halogens is 1. The van der Waals surface area contributed by atoms with Crippen molar-refractivity contribution in [2.75, 3.05) is 11.4 Å². The van der Waals surface area contributed by atoms with Gasteiger partial charge in [0, 0.05) is 18.8 Å². The molecule has 1 amide bonds. The van der Waals surface area contributed by atoms with E-state index >= 15 is 0 Å². The molecule has 0 atom stereocenters. The maximum absolute atomic E-state index is 13.0. The third-order valence-electron chi connectivity index (χ3n) is 3.44. The van der Waals surface area contributed by atoms with E-state index < -0.39 is 0 Å². The Kier molecular flexibility index (Phi) is 5.06. The molecule has 2 rings (SSSR count). The molecule has 4 heteroatoms. The topological polar surface area (TPSA) is 46.3 Å². The summed E-state index contributed by atoms with van der Waals surface area (Å²) in [5.74, 6) is -0.333. The third-order valence-corrected chi connectivity index (χ3v) is 3.44. The molecule has 110 valence electrons. The molecule has 0 saturated heterocycles. The SMILES string of the molecule is CCN(C(=O)Cc1ccccc1CN)c1ccc(F)cc1. The molecule has 0 unspecified atom stereocenters. The predicted molar refractivity (Wildman–Crippen MR) is 82.5 cm³/mol. The van der Waals surface area contributed by atoms with Crippen molar-refractivity contribution in [3.8, 4) is 0 Å². The van der Waals surface area contributed by atoms with Gasteiger partial charge in [0.15, 0.2) is 0 Å². The van der Waals surface area contributed by atoms with Crippen molar-refractivity contribution in [2.24, 2.45) is 5.73 Å². The first-order valence-corrected chi connectivity index (χ1v) is 6.98. The molecule has 0 aliphatic rings. The molecule has 0 spiro atoms. The highest BCUT2D eigenvalue weighted by Crippen LogP contribution is 2.17. The minimum Gasteiger partial charge on any atom is -0.326 e. The lowest BCUT2D eigenvalue weighted by Crippen LogP contribution is -2.32. The van der Waals surface area contributed by atoms with Gasteiger partial charge in [0.2, 0.25) is 5.91 Å². The zero-order valence-corrected chi connectivity index (χ0v) is 12.1. The zero-order chi connectivity index (χ0) is 15.2. The van der Waals surface area contributed by atoms with Gasteiger partial charge in [-0.05, 0) is 42.3 Å². The Labute approximate surface area is 124 Å². The van der Waals surface area contributed by atoms with Crippen LogP contribution >= 0.6 is 0 Å². The summed E-state index contributed by atoms with van der Waals surface area (Å²) in [5, 5.41) is 0. The maximum Gasteiger partial charge on any atom is 0.231 e. The lowest BCUT2D eigenvalue weighted by Gasteiger charge is -2.21. The normalized spacial score (nSPS) is 10.4. The van der Waals surface area contributed by atoms with Crippen molar-refractivity contribution in [3.05, 3.63) is 65.5 Å². The van der Waals surface area contributed by atoms with Crippen molar-refractivity contribution in [3.63, 3.8) is 0 Å². The fourth-order valence-electron chi connectivity index (χ4n) is 2.31. The molecule has 0 bridgehead atoms. The van der Waals surface area contributed by atoms with E-state index in [2.05, 4.69) is 0 Å². The van der Waals surface area contributed by atoms with Gasteiger partial charge in [-0.3, -0.25) is 4.79 Å². The first-order valence-electron chi connectivity index (χ1n) is 6.98. The molecule has 0 heterocycles. The Morgan fingerprint density at radius 3 is 2.29 bits per heavy atom. The van der Waals surface area contributed by atoms with E-state index in [4.69, 9.17) is 5.73 Å². The molecule has 2 N–H and O–H groups in total. The number of amides is 1. The van der Waals surface area contributed by atoms with Crippen LogP contribution in [0.1, 0.15) is 18.1 Å². The van der Waals surface area contributed by atoms with E-state index in [-0.39, 0.29) is 11.7 Å². The van der Waals surface area contributed by atoms with Gasteiger partial charge in [-0.1, -0.05) is 24.3 Å². The van der Waals surface area contributed by atoms with Crippen molar-refractivity contribution >= 4 is 11.6 Å². The van der Waals surface area contributed by atoms with Gasteiger partial charge in [0.25, 0.3) is 0 Å². The Hall–Kier alpha value is -2.20. The summed E-state index contributed by atoms with van der Waals surface area (Å²) in [4.78, 5) is 14.1. The fourth-order valence-corrected chi connectivity index (χ4v) is 2.31. The minimum absolute atomic E-state index is 0.0231. The molecule has 21 heavy (non-hydrogen) atoms. The van der Waals surface area contributed by atoms with Crippen molar-refractivity contribution < 1.29 is 9.18 Å². The summed E-state index contributed by atoms with van der Waals surface area (Å²) in [6.45, 7) is 2.84. The standard InChI is InChI=1S/C17H19FN2O/c1-2-20(16-9-7-15(18)8-10-16)17(21)11-13-5-3-4-6-14(13)12-19/h3-10H,2,11-12,19H2,1H3. The second-order valence-electron chi connectivity index (χ2n) is 4.76. The fraction of sp³-hybridized carbons (Fsp3) is 0.235. The van der Waals surface area contributed by atoms with Crippen LogP contribution in [0.25, 0.3) is 0 Å². The number of likely N-dealkylation sites (N-methyl/N-ethyl adjacent to an activating group) is 1. The summed E-state index contributed by atoms with van der Waals surface area (Å²) in [7, 11) is 0. The summed E-state index contributed by atoms with van der Waals surface area (Å²) in [5.41, 5.74) is 8.31. The van der Waals surface area contributed by atoms with Crippen LogP contribution in [0.4, 0.5) is 10.1 Å². The predicted octanol–water partition coefficient (Wildman–Crippen LogP) is 2.88. The van der Waals surface area contributed by atoms with Crippen molar-refractivity contribution in [1.82, 2.24) is 0 Å². The average molecular weight is 286 g/mol. The molecule has 3 nitrogen and oxygen atoms in total. The van der Waals surface area contributed by atoms with E-state index in [1.165, 1.54) is 12.1 Å². The van der Waals surface area contributed by atoms with E-state index in [0.717, 1.165) is 11.1 Å². The number of benzene rings is 2. The highest BCUT2D eigenvalue weighted by atomic mass is 19.1. The minimum atomic E-state index is -0.310. The monoisotopic (exact) mass is 286 g/mol. The summed E-state index contributed by atoms with van der Waals surface area (Å²) < 4.78 is 13.0. The molecular formula is C17H19FN2O. The Balaban J connectivity index is 2.19. The molecule has 0 radical (unpaired) electrons. The first kappa shape index (κ1) is 15.2. The number of nitrogens with zero attached hydrogens (tertiary/aromatic N) is 1. The molecule has 2 aromatic carbocycles. The number of rotatable bonds is 5. The van der Waals surface area contributed by atoms with Crippen molar-refractivity contribution in [1.29, 1.82) is 0 Å². The smallest absolute Gasteiger partial charge is 0.231 e. The van der Waals surface area contributed by atoms with E-state index in [0.29, 0.717) is 25.2 Å². The molecule has 0 aromatic heterocycles. The number of hydrogen-bond donors (Lipinski definition) is 1. The number of nitrogens with two attached hydrogens (primary N) is 1. The molecule has 0 saturated carbocycles. The lowest BCUT2D eigenvalue weighted by molar-refractivity contribution is -0.117. The maximum atomic E-state index is 13.0. The van der Waals surface area contributed by atoms with Gasteiger partial charge >= 0.3 is 0 Å². The molecule has 0 aliphatic heterocycles. The first-order chi connectivity index (χ1) is 10.2. The number of carbonyl (C=O) groups is 1. The summed E-state index contributed by atoms with van der Waals surface area (Å²) >= 11 is 0. The highest BCUT2D eigenvalue weighted by Gasteiger charge is 2.15. The second-order valence-corrected chi connectivity index (χ2v) is 4.76. The Morgan fingerprint density at radius 1 is 1.10 bits per heavy atom. The van der Waals surface area contributed by atoms with Gasteiger partial charge in [0.05, 0.1) is 6.42 Å². The number of hydrogen-bond acceptors (Lipinski definition) is 2. The number of carbonyl (C=O) groups excluding carboxylic acids is 1. The van der Waals surface area contributed by atoms with Crippen LogP contribution in [0, 0.1) is 5.82 Å². The summed E-state index contributed by atoms with van der Waals surface area (Å²) in [6, 6.07) is 13.6. The van der Waals surface area contributed by atoms with Crippen LogP contribution in [-0.4, -0.2) is 12.5 Å². The molecule has 0 fully saturated rings. The van der Waals surface area contributed by atoms with Gasteiger partial charge in [0.1, 0.15) is 5.82 Å². The van der Waals surface area contributed by atoms with Crippen LogP contribution in [0.5, 0.6) is 0 Å².